The molecule has 2 unspecified atom stereocenters. The first-order chi connectivity index (χ1) is 9.76. The molecule has 1 aliphatic carbocycles. The molecule has 2 aliphatic rings. The Bertz CT molecular complexity index is 472. The second-order valence-electron chi connectivity index (χ2n) is 5.45. The third-order valence-corrected chi connectivity index (χ3v) is 4.04. The second-order valence-corrected chi connectivity index (χ2v) is 5.45. The van der Waals surface area contributed by atoms with Crippen molar-refractivity contribution in [3.05, 3.63) is 11.9 Å². The van der Waals surface area contributed by atoms with E-state index in [-0.39, 0.29) is 23.9 Å². The molecule has 3 rings (SSSR count). The monoisotopic (exact) mass is 280 g/mol. The van der Waals surface area contributed by atoms with Crippen LogP contribution in [0.5, 0.6) is 0 Å². The summed E-state index contributed by atoms with van der Waals surface area (Å²) in [6, 6.07) is 0.302. The van der Waals surface area contributed by atoms with Crippen LogP contribution in [-0.4, -0.2) is 53.4 Å². The first kappa shape index (κ1) is 13.5. The van der Waals surface area contributed by atoms with E-state index in [1.165, 1.54) is 0 Å². The minimum Gasteiger partial charge on any atom is -0.457 e. The van der Waals surface area contributed by atoms with Crippen LogP contribution in [0.4, 0.5) is 0 Å². The third-order valence-electron chi connectivity index (χ3n) is 4.04. The van der Waals surface area contributed by atoms with Gasteiger partial charge in [-0.15, -0.1) is 5.10 Å². The Kier molecular flexibility index (Phi) is 3.98. The molecule has 2 heterocycles. The largest absolute Gasteiger partial charge is 0.457 e. The molecule has 2 atom stereocenters. The number of carbonyl (C=O) groups is 1. The van der Waals surface area contributed by atoms with Crippen LogP contribution < -0.4 is 5.32 Å². The van der Waals surface area contributed by atoms with E-state index in [0.717, 1.165) is 38.8 Å². The highest BCUT2D eigenvalue weighted by Crippen LogP contribution is 2.23. The van der Waals surface area contributed by atoms with Gasteiger partial charge in [0.15, 0.2) is 5.69 Å². The lowest BCUT2D eigenvalue weighted by molar-refractivity contribution is -0.0153. The topological polar surface area (TPSA) is 78.3 Å². The molecule has 1 aliphatic heterocycles. The Hall–Kier alpha value is -1.47. The average Bonchev–Trinajstić information content (AvgIpc) is 2.86. The van der Waals surface area contributed by atoms with Gasteiger partial charge in [0.05, 0.1) is 18.3 Å². The van der Waals surface area contributed by atoms with E-state index < -0.39 is 0 Å². The summed E-state index contributed by atoms with van der Waals surface area (Å²) in [4.78, 5) is 12.1. The molecule has 2 fully saturated rings. The van der Waals surface area contributed by atoms with Crippen molar-refractivity contribution in [2.75, 3.05) is 20.2 Å². The van der Waals surface area contributed by atoms with Gasteiger partial charge in [-0.3, -0.25) is 0 Å². The molecule has 0 bridgehead atoms. The zero-order valence-corrected chi connectivity index (χ0v) is 11.6. The summed E-state index contributed by atoms with van der Waals surface area (Å²) in [5.74, 6) is -0.384. The predicted octanol–water partition coefficient (Wildman–Crippen LogP) is 0.537. The number of hydrogen-bond donors (Lipinski definition) is 1. The summed E-state index contributed by atoms with van der Waals surface area (Å²) in [7, 11) is 1.70. The molecule has 1 saturated heterocycles. The zero-order valence-electron chi connectivity index (χ0n) is 11.6. The first-order valence-electron chi connectivity index (χ1n) is 7.12. The first-order valence-corrected chi connectivity index (χ1v) is 7.12. The number of rotatable bonds is 4. The SMILES string of the molecule is COC1CCCC(OC(=O)c2cn(C3CNC3)nn2)C1. The van der Waals surface area contributed by atoms with Crippen molar-refractivity contribution in [1.82, 2.24) is 20.3 Å². The lowest BCUT2D eigenvalue weighted by Gasteiger charge is -2.27. The molecule has 0 amide bonds. The van der Waals surface area contributed by atoms with Crippen molar-refractivity contribution >= 4 is 5.97 Å². The maximum absolute atomic E-state index is 12.1. The van der Waals surface area contributed by atoms with Gasteiger partial charge >= 0.3 is 5.97 Å². The Labute approximate surface area is 117 Å². The molecule has 0 aromatic carbocycles. The quantitative estimate of drug-likeness (QED) is 0.811. The van der Waals surface area contributed by atoms with Gasteiger partial charge in [-0.05, 0) is 19.3 Å². The fourth-order valence-corrected chi connectivity index (χ4v) is 2.64. The number of esters is 1. The number of nitrogens with one attached hydrogen (secondary N) is 1. The van der Waals surface area contributed by atoms with Crippen molar-refractivity contribution in [1.29, 1.82) is 0 Å². The highest BCUT2D eigenvalue weighted by atomic mass is 16.5. The van der Waals surface area contributed by atoms with E-state index in [0.29, 0.717) is 6.04 Å². The Morgan fingerprint density at radius 2 is 2.20 bits per heavy atom. The maximum atomic E-state index is 12.1. The molecule has 1 aromatic rings. The zero-order chi connectivity index (χ0) is 13.9. The molecule has 7 nitrogen and oxygen atoms in total. The molecule has 20 heavy (non-hydrogen) atoms. The molecule has 110 valence electrons. The average molecular weight is 280 g/mol. The van der Waals surface area contributed by atoms with Crippen LogP contribution in [0.15, 0.2) is 6.20 Å². The molecule has 7 heteroatoms. The maximum Gasteiger partial charge on any atom is 0.360 e. The van der Waals surface area contributed by atoms with Gasteiger partial charge in [0.25, 0.3) is 0 Å². The standard InChI is InChI=1S/C13H20N4O3/c1-19-10-3-2-4-11(5-10)20-13(18)12-8-17(16-15-12)9-6-14-7-9/h8-11,14H,2-7H2,1H3. The van der Waals surface area contributed by atoms with E-state index in [1.807, 2.05) is 0 Å². The normalized spacial score (nSPS) is 27.1. The molecule has 0 radical (unpaired) electrons. The predicted molar refractivity (Wildman–Crippen MR) is 70.4 cm³/mol. The Morgan fingerprint density at radius 3 is 2.90 bits per heavy atom. The van der Waals surface area contributed by atoms with Crippen molar-refractivity contribution < 1.29 is 14.3 Å². The molecular formula is C13H20N4O3. The van der Waals surface area contributed by atoms with Gasteiger partial charge in [0.2, 0.25) is 0 Å². The minimum atomic E-state index is -0.384. The summed E-state index contributed by atoms with van der Waals surface area (Å²) >= 11 is 0. The molecule has 1 saturated carbocycles. The third kappa shape index (κ3) is 2.83. The van der Waals surface area contributed by atoms with Crippen molar-refractivity contribution in [3.8, 4) is 0 Å². The van der Waals surface area contributed by atoms with E-state index in [9.17, 15) is 4.79 Å². The summed E-state index contributed by atoms with van der Waals surface area (Å²) in [5.41, 5.74) is 0.288. The van der Waals surface area contributed by atoms with Gasteiger partial charge in [-0.25, -0.2) is 9.48 Å². The van der Waals surface area contributed by atoms with E-state index >= 15 is 0 Å². The summed E-state index contributed by atoms with van der Waals surface area (Å²) in [6.07, 6.45) is 5.52. The van der Waals surface area contributed by atoms with Gasteiger partial charge in [-0.2, -0.15) is 0 Å². The second kappa shape index (κ2) is 5.88. The highest BCUT2D eigenvalue weighted by molar-refractivity contribution is 5.86. The number of methoxy groups -OCH3 is 1. The van der Waals surface area contributed by atoms with Crippen molar-refractivity contribution in [2.24, 2.45) is 0 Å². The summed E-state index contributed by atoms with van der Waals surface area (Å²) in [6.45, 7) is 1.74. The molecule has 1 N–H and O–H groups in total. The van der Waals surface area contributed by atoms with Crippen LogP contribution in [0.3, 0.4) is 0 Å². The number of aromatic nitrogens is 3. The molecular weight excluding hydrogens is 260 g/mol. The van der Waals surface area contributed by atoms with E-state index in [1.54, 1.807) is 18.0 Å². The molecule has 0 spiro atoms. The number of hydrogen-bond acceptors (Lipinski definition) is 6. The van der Waals surface area contributed by atoms with Crippen LogP contribution in [0.2, 0.25) is 0 Å². The van der Waals surface area contributed by atoms with Crippen LogP contribution in [0, 0.1) is 0 Å². The number of carbonyl (C=O) groups excluding carboxylic acids is 1. The van der Waals surface area contributed by atoms with Gasteiger partial charge in [0.1, 0.15) is 6.10 Å². The Balaban J connectivity index is 1.56. The van der Waals surface area contributed by atoms with E-state index in [4.69, 9.17) is 9.47 Å². The minimum absolute atomic E-state index is 0.0725. The highest BCUT2D eigenvalue weighted by Gasteiger charge is 2.27. The van der Waals surface area contributed by atoms with Gasteiger partial charge < -0.3 is 14.8 Å². The van der Waals surface area contributed by atoms with Crippen LogP contribution in [0.25, 0.3) is 0 Å². The lowest BCUT2D eigenvalue weighted by Crippen LogP contribution is -2.43. The van der Waals surface area contributed by atoms with Crippen LogP contribution in [-0.2, 0) is 9.47 Å². The fraction of sp³-hybridized carbons (Fsp3) is 0.769. The van der Waals surface area contributed by atoms with Crippen LogP contribution >= 0.6 is 0 Å². The van der Waals surface area contributed by atoms with Crippen LogP contribution in [0.1, 0.15) is 42.2 Å². The number of nitrogens with zero attached hydrogens (tertiary/aromatic N) is 3. The Morgan fingerprint density at radius 1 is 1.40 bits per heavy atom. The molecule has 1 aromatic heterocycles. The van der Waals surface area contributed by atoms with E-state index in [2.05, 4.69) is 15.6 Å². The summed E-state index contributed by atoms with van der Waals surface area (Å²) < 4.78 is 12.6. The smallest absolute Gasteiger partial charge is 0.360 e. The van der Waals surface area contributed by atoms with Gasteiger partial charge in [0, 0.05) is 26.6 Å². The van der Waals surface area contributed by atoms with Gasteiger partial charge in [-0.1, -0.05) is 5.21 Å². The lowest BCUT2D eigenvalue weighted by atomic mass is 9.95. The van der Waals surface area contributed by atoms with Crippen molar-refractivity contribution in [2.45, 2.75) is 43.9 Å². The fourth-order valence-electron chi connectivity index (χ4n) is 2.64. The van der Waals surface area contributed by atoms with Crippen molar-refractivity contribution in [3.63, 3.8) is 0 Å². The summed E-state index contributed by atoms with van der Waals surface area (Å²) in [5, 5.41) is 11.0. The number of ether oxygens (including phenoxy) is 2.